The zero-order valence-electron chi connectivity index (χ0n) is 9.14. The van der Waals surface area contributed by atoms with Crippen LogP contribution in [0.3, 0.4) is 0 Å². The number of ether oxygens (including phenoxy) is 2. The first-order valence-corrected chi connectivity index (χ1v) is 7.56. The molecule has 18 heavy (non-hydrogen) atoms. The van der Waals surface area contributed by atoms with Gasteiger partial charge in [0, 0.05) is 17.9 Å². The van der Waals surface area contributed by atoms with E-state index in [-0.39, 0.29) is 11.1 Å². The van der Waals surface area contributed by atoms with E-state index >= 15 is 0 Å². The van der Waals surface area contributed by atoms with Crippen molar-refractivity contribution in [1.82, 2.24) is 0 Å². The van der Waals surface area contributed by atoms with Gasteiger partial charge in [0.05, 0.1) is 25.3 Å². The summed E-state index contributed by atoms with van der Waals surface area (Å²) in [7, 11) is 2.55. The van der Waals surface area contributed by atoms with E-state index in [1.807, 2.05) is 0 Å². The maximum atomic E-state index is 11.7. The molecule has 0 spiro atoms. The zero-order valence-corrected chi connectivity index (χ0v) is 15.5. The minimum atomic E-state index is -0.536. The molecule has 1 rings (SSSR count). The maximum Gasteiger partial charge on any atom is 0.340 e. The van der Waals surface area contributed by atoms with Crippen LogP contribution >= 0.6 is 63.7 Å². The molecule has 0 aliphatic rings. The Labute approximate surface area is 137 Å². The molecule has 0 N–H and O–H groups in total. The van der Waals surface area contributed by atoms with Gasteiger partial charge in [-0.3, -0.25) is 0 Å². The summed E-state index contributed by atoms with van der Waals surface area (Å²) >= 11 is 13.0. The minimum Gasteiger partial charge on any atom is -0.465 e. The van der Waals surface area contributed by atoms with Crippen molar-refractivity contribution in [2.24, 2.45) is 0 Å². The number of rotatable bonds is 2. The van der Waals surface area contributed by atoms with E-state index < -0.39 is 11.9 Å². The number of hydrogen-bond acceptors (Lipinski definition) is 4. The molecule has 0 atom stereocenters. The van der Waals surface area contributed by atoms with E-state index in [4.69, 9.17) is 0 Å². The third-order valence-corrected chi connectivity index (χ3v) is 6.28. The molecule has 0 saturated carbocycles. The molecule has 0 unspecified atom stereocenters. The quantitative estimate of drug-likeness (QED) is 0.440. The Hall–Kier alpha value is 0.0800. The zero-order chi connectivity index (χ0) is 14.0. The van der Waals surface area contributed by atoms with E-state index in [2.05, 4.69) is 73.2 Å². The first-order chi connectivity index (χ1) is 8.36. The molecule has 4 nitrogen and oxygen atoms in total. The Bertz CT molecular complexity index is 451. The second-order valence-electron chi connectivity index (χ2n) is 2.99. The van der Waals surface area contributed by atoms with Crippen molar-refractivity contribution in [2.75, 3.05) is 14.2 Å². The van der Waals surface area contributed by atoms with Crippen LogP contribution in [-0.4, -0.2) is 26.2 Å². The van der Waals surface area contributed by atoms with Crippen molar-refractivity contribution in [3.05, 3.63) is 29.0 Å². The highest BCUT2D eigenvalue weighted by atomic mass is 79.9. The normalized spacial score (nSPS) is 10.1. The number of carbonyl (C=O) groups is 2. The molecule has 1 aromatic rings. The van der Waals surface area contributed by atoms with Gasteiger partial charge < -0.3 is 9.47 Å². The van der Waals surface area contributed by atoms with Crippen LogP contribution in [0.2, 0.25) is 0 Å². The van der Waals surface area contributed by atoms with Crippen LogP contribution < -0.4 is 0 Å². The summed E-state index contributed by atoms with van der Waals surface area (Å²) in [5, 5.41) is 0. The Morgan fingerprint density at radius 1 is 0.722 bits per heavy atom. The molecule has 0 radical (unpaired) electrons. The van der Waals surface area contributed by atoms with E-state index in [1.54, 1.807) is 0 Å². The Morgan fingerprint density at radius 3 is 1.11 bits per heavy atom. The summed E-state index contributed by atoms with van der Waals surface area (Å²) in [5.74, 6) is -1.07. The Balaban J connectivity index is 3.66. The molecular weight excluding hydrogens is 504 g/mol. The second kappa shape index (κ2) is 6.49. The molecule has 0 aromatic heterocycles. The first kappa shape index (κ1) is 16.1. The third-order valence-electron chi connectivity index (χ3n) is 2.04. The molecule has 0 bridgehead atoms. The highest BCUT2D eigenvalue weighted by Crippen LogP contribution is 2.42. The fourth-order valence-electron chi connectivity index (χ4n) is 1.19. The molecule has 0 aliphatic heterocycles. The number of benzene rings is 1. The average molecular weight is 510 g/mol. The van der Waals surface area contributed by atoms with Gasteiger partial charge in [-0.25, -0.2) is 9.59 Å². The predicted octanol–water partition coefficient (Wildman–Crippen LogP) is 4.31. The largest absolute Gasteiger partial charge is 0.465 e. The van der Waals surface area contributed by atoms with E-state index in [9.17, 15) is 9.59 Å². The van der Waals surface area contributed by atoms with Crippen LogP contribution in [0.1, 0.15) is 20.7 Å². The fourth-order valence-corrected chi connectivity index (χ4v) is 3.96. The van der Waals surface area contributed by atoms with Crippen LogP contribution in [0, 0.1) is 0 Å². The summed E-state index contributed by atoms with van der Waals surface area (Å²) in [6.07, 6.45) is 0. The summed E-state index contributed by atoms with van der Waals surface area (Å²) in [6.45, 7) is 0. The van der Waals surface area contributed by atoms with Crippen molar-refractivity contribution >= 4 is 75.7 Å². The van der Waals surface area contributed by atoms with Crippen LogP contribution in [0.4, 0.5) is 0 Å². The van der Waals surface area contributed by atoms with Gasteiger partial charge in [0.2, 0.25) is 0 Å². The average Bonchev–Trinajstić information content (AvgIpc) is 2.36. The van der Waals surface area contributed by atoms with Crippen molar-refractivity contribution in [2.45, 2.75) is 0 Å². The van der Waals surface area contributed by atoms with Crippen molar-refractivity contribution in [3.8, 4) is 0 Å². The van der Waals surface area contributed by atoms with Gasteiger partial charge in [-0.05, 0) is 63.7 Å². The number of carbonyl (C=O) groups excluding carboxylic acids is 2. The topological polar surface area (TPSA) is 52.6 Å². The van der Waals surface area contributed by atoms with Gasteiger partial charge in [0.1, 0.15) is 0 Å². The lowest BCUT2D eigenvalue weighted by molar-refractivity contribution is 0.0583. The van der Waals surface area contributed by atoms with Gasteiger partial charge in [0.15, 0.2) is 0 Å². The van der Waals surface area contributed by atoms with Gasteiger partial charge in [-0.2, -0.15) is 0 Å². The summed E-state index contributed by atoms with van der Waals surface area (Å²) in [5.41, 5.74) is 0.535. The molecule has 0 amide bonds. The molecule has 0 fully saturated rings. The lowest BCUT2D eigenvalue weighted by Gasteiger charge is -2.13. The van der Waals surface area contributed by atoms with Crippen LogP contribution in [0.25, 0.3) is 0 Å². The molecule has 0 heterocycles. The van der Waals surface area contributed by atoms with Gasteiger partial charge in [-0.1, -0.05) is 0 Å². The fraction of sp³-hybridized carbons (Fsp3) is 0.200. The molecule has 0 saturated heterocycles. The SMILES string of the molecule is COC(=O)c1c(Br)c(Br)c(C(=O)OC)c(Br)c1Br. The second-order valence-corrected chi connectivity index (χ2v) is 6.16. The van der Waals surface area contributed by atoms with Gasteiger partial charge in [-0.15, -0.1) is 0 Å². The van der Waals surface area contributed by atoms with Crippen LogP contribution in [-0.2, 0) is 9.47 Å². The minimum absolute atomic E-state index is 0.268. The lowest BCUT2D eigenvalue weighted by atomic mass is 10.1. The highest BCUT2D eigenvalue weighted by Gasteiger charge is 2.27. The van der Waals surface area contributed by atoms with Crippen LogP contribution in [0.5, 0.6) is 0 Å². The standard InChI is InChI=1S/C10H6Br4O4/c1-17-9(15)3-5(11)7(13)4(10(16)18-2)8(14)6(3)12/h1-2H3. The smallest absolute Gasteiger partial charge is 0.340 e. The summed E-state index contributed by atoms with van der Waals surface area (Å²) < 4.78 is 11.0. The Kier molecular flexibility index (Phi) is 5.82. The van der Waals surface area contributed by atoms with Crippen molar-refractivity contribution < 1.29 is 19.1 Å². The highest BCUT2D eigenvalue weighted by molar-refractivity contribution is 9.14. The third kappa shape index (κ3) is 2.81. The van der Waals surface area contributed by atoms with Gasteiger partial charge in [0.25, 0.3) is 0 Å². The van der Waals surface area contributed by atoms with E-state index in [1.165, 1.54) is 14.2 Å². The molecular formula is C10H6Br4O4. The monoisotopic (exact) mass is 506 g/mol. The number of halogens is 4. The summed E-state index contributed by atoms with van der Waals surface area (Å²) in [6, 6.07) is 0. The van der Waals surface area contributed by atoms with E-state index in [0.29, 0.717) is 17.9 Å². The maximum absolute atomic E-state index is 11.7. The number of esters is 2. The molecule has 0 aliphatic carbocycles. The predicted molar refractivity (Wildman–Crippen MR) is 79.9 cm³/mol. The van der Waals surface area contributed by atoms with Crippen molar-refractivity contribution in [3.63, 3.8) is 0 Å². The molecule has 98 valence electrons. The van der Waals surface area contributed by atoms with Gasteiger partial charge >= 0.3 is 11.9 Å². The van der Waals surface area contributed by atoms with Crippen molar-refractivity contribution in [1.29, 1.82) is 0 Å². The first-order valence-electron chi connectivity index (χ1n) is 4.39. The van der Waals surface area contributed by atoms with E-state index in [0.717, 1.165) is 0 Å². The summed E-state index contributed by atoms with van der Waals surface area (Å²) in [4.78, 5) is 23.3. The number of hydrogen-bond donors (Lipinski definition) is 0. The Morgan fingerprint density at radius 2 is 0.944 bits per heavy atom. The lowest BCUT2D eigenvalue weighted by Crippen LogP contribution is -2.10. The molecule has 8 heteroatoms. The van der Waals surface area contributed by atoms with Crippen LogP contribution in [0.15, 0.2) is 17.9 Å². The molecule has 1 aromatic carbocycles. The number of methoxy groups -OCH3 is 2.